The molecule has 0 saturated carbocycles. The molecule has 0 aliphatic carbocycles. The number of aromatic amines is 1. The van der Waals surface area contributed by atoms with E-state index in [1.54, 1.807) is 24.3 Å². The van der Waals surface area contributed by atoms with Gasteiger partial charge in [0.15, 0.2) is 5.76 Å². The zero-order chi connectivity index (χ0) is 21.6. The molecule has 1 amide bonds. The van der Waals surface area contributed by atoms with Crippen molar-refractivity contribution < 1.29 is 9.21 Å². The summed E-state index contributed by atoms with van der Waals surface area (Å²) in [6.45, 7) is 2.01. The summed E-state index contributed by atoms with van der Waals surface area (Å²) < 4.78 is 6.82. The van der Waals surface area contributed by atoms with Gasteiger partial charge in [-0.05, 0) is 30.2 Å². The van der Waals surface area contributed by atoms with Gasteiger partial charge in [-0.3, -0.25) is 14.6 Å². The van der Waals surface area contributed by atoms with Crippen LogP contribution in [0.2, 0.25) is 0 Å². The summed E-state index contributed by atoms with van der Waals surface area (Å²) in [5.74, 6) is 0.756. The molecule has 1 aromatic carbocycles. The fraction of sp³-hybridized carbons (Fsp3) is 0.130. The average molecular weight is 415 g/mol. The number of carbonyl (C=O) groups excluding carboxylic acids is 1. The third-order valence-corrected chi connectivity index (χ3v) is 4.45. The van der Waals surface area contributed by atoms with Gasteiger partial charge in [0.25, 0.3) is 5.56 Å². The minimum absolute atomic E-state index is 0.219. The van der Waals surface area contributed by atoms with Crippen LogP contribution in [0.3, 0.4) is 0 Å². The molecule has 0 atom stereocenters. The van der Waals surface area contributed by atoms with Gasteiger partial charge in [-0.15, -0.1) is 0 Å². The molecular formula is C23H21N5O3. The molecule has 31 heavy (non-hydrogen) atoms. The van der Waals surface area contributed by atoms with Gasteiger partial charge in [-0.1, -0.05) is 43.7 Å². The van der Waals surface area contributed by atoms with Gasteiger partial charge in [0.05, 0.1) is 6.26 Å². The minimum atomic E-state index is -0.344. The molecule has 0 radical (unpaired) electrons. The number of nitrogens with one attached hydrogen (secondary N) is 2. The maximum absolute atomic E-state index is 12.5. The number of hydrogen-bond donors (Lipinski definition) is 2. The molecule has 0 saturated heterocycles. The SMILES string of the molecule is CCCc1cc(=O)[nH]c(-n2nc(-c3ccco3)cc2NC(=O)/C=C\c2ccccc2)n1. The number of anilines is 1. The number of benzene rings is 1. The van der Waals surface area contributed by atoms with Crippen molar-refractivity contribution in [3.8, 4) is 17.4 Å². The standard InChI is InChI=1S/C23H21N5O3/c1-2-7-17-14-22(30)26-23(24-17)28-20(15-18(27-28)19-10-6-13-31-19)25-21(29)12-11-16-8-4-3-5-9-16/h3-6,8-15H,2,7H2,1H3,(H,25,29)(H,24,26,30)/b12-11-. The average Bonchev–Trinajstić information content (AvgIpc) is 3.43. The third-order valence-electron chi connectivity index (χ3n) is 4.45. The Kier molecular flexibility index (Phi) is 5.89. The highest BCUT2D eigenvalue weighted by atomic mass is 16.3. The molecule has 4 aromatic rings. The summed E-state index contributed by atoms with van der Waals surface area (Å²) in [5.41, 5.74) is 1.76. The second-order valence-electron chi connectivity index (χ2n) is 6.85. The first-order valence-corrected chi connectivity index (χ1v) is 9.91. The van der Waals surface area contributed by atoms with Crippen molar-refractivity contribution in [2.75, 3.05) is 5.32 Å². The molecule has 0 aliphatic heterocycles. The van der Waals surface area contributed by atoms with Gasteiger partial charge in [0.2, 0.25) is 11.9 Å². The maximum Gasteiger partial charge on any atom is 0.252 e. The van der Waals surface area contributed by atoms with Crippen LogP contribution in [-0.4, -0.2) is 25.7 Å². The summed E-state index contributed by atoms with van der Waals surface area (Å²) in [4.78, 5) is 31.9. The van der Waals surface area contributed by atoms with Crippen molar-refractivity contribution in [3.05, 3.63) is 88.5 Å². The number of furan rings is 1. The Hall–Kier alpha value is -4.20. The predicted molar refractivity (Wildman–Crippen MR) is 118 cm³/mol. The van der Waals surface area contributed by atoms with Gasteiger partial charge >= 0.3 is 0 Å². The van der Waals surface area contributed by atoms with E-state index in [2.05, 4.69) is 20.4 Å². The Morgan fingerprint density at radius 2 is 2.03 bits per heavy atom. The molecule has 4 rings (SSSR count). The van der Waals surface area contributed by atoms with E-state index < -0.39 is 0 Å². The molecule has 0 fully saturated rings. The summed E-state index contributed by atoms with van der Waals surface area (Å²) in [6.07, 6.45) is 6.19. The van der Waals surface area contributed by atoms with Crippen LogP contribution >= 0.6 is 0 Å². The molecule has 0 aliphatic rings. The molecule has 2 N–H and O–H groups in total. The van der Waals surface area contributed by atoms with E-state index >= 15 is 0 Å². The highest BCUT2D eigenvalue weighted by molar-refractivity contribution is 6.01. The Labute approximate surface area is 178 Å². The fourth-order valence-corrected chi connectivity index (χ4v) is 3.06. The van der Waals surface area contributed by atoms with Crippen molar-refractivity contribution in [1.82, 2.24) is 19.7 Å². The lowest BCUT2D eigenvalue weighted by Gasteiger charge is -2.07. The molecule has 8 nitrogen and oxygen atoms in total. The van der Waals surface area contributed by atoms with Crippen molar-refractivity contribution in [3.63, 3.8) is 0 Å². The molecule has 0 bridgehead atoms. The molecule has 0 spiro atoms. The highest BCUT2D eigenvalue weighted by Gasteiger charge is 2.16. The number of nitrogens with zero attached hydrogens (tertiary/aromatic N) is 3. The monoisotopic (exact) mass is 415 g/mol. The number of hydrogen-bond acceptors (Lipinski definition) is 5. The van der Waals surface area contributed by atoms with Crippen LogP contribution in [0.25, 0.3) is 23.5 Å². The molecule has 8 heteroatoms. The summed E-state index contributed by atoms with van der Waals surface area (Å²) in [7, 11) is 0. The molecule has 156 valence electrons. The second-order valence-corrected chi connectivity index (χ2v) is 6.85. The quantitative estimate of drug-likeness (QED) is 0.446. The largest absolute Gasteiger partial charge is 0.463 e. The third kappa shape index (κ3) is 4.87. The van der Waals surface area contributed by atoms with Crippen LogP contribution in [0.5, 0.6) is 0 Å². The van der Waals surface area contributed by atoms with Crippen LogP contribution in [0, 0.1) is 0 Å². The molecule has 0 unspecified atom stereocenters. The number of aryl methyl sites for hydroxylation is 1. The topological polar surface area (TPSA) is 106 Å². The normalized spacial score (nSPS) is 11.1. The van der Waals surface area contributed by atoms with Crippen molar-refractivity contribution >= 4 is 17.8 Å². The fourth-order valence-electron chi connectivity index (χ4n) is 3.06. The first-order valence-electron chi connectivity index (χ1n) is 9.91. The van der Waals surface area contributed by atoms with Crippen LogP contribution < -0.4 is 10.9 Å². The van der Waals surface area contributed by atoms with E-state index in [0.717, 1.165) is 12.0 Å². The van der Waals surface area contributed by atoms with Gasteiger partial charge < -0.3 is 9.73 Å². The number of rotatable bonds is 7. The Morgan fingerprint density at radius 3 is 2.77 bits per heavy atom. The maximum atomic E-state index is 12.5. The molecule has 3 aromatic heterocycles. The van der Waals surface area contributed by atoms with E-state index in [9.17, 15) is 9.59 Å². The number of H-pyrrole nitrogens is 1. The summed E-state index contributed by atoms with van der Waals surface area (Å²) >= 11 is 0. The van der Waals surface area contributed by atoms with E-state index in [-0.39, 0.29) is 17.4 Å². The van der Waals surface area contributed by atoms with Crippen molar-refractivity contribution in [1.29, 1.82) is 0 Å². The van der Waals surface area contributed by atoms with Crippen LogP contribution in [0.15, 0.2) is 76.1 Å². The summed E-state index contributed by atoms with van der Waals surface area (Å²) in [5, 5.41) is 7.29. The Balaban J connectivity index is 1.69. The van der Waals surface area contributed by atoms with Crippen LogP contribution in [0.1, 0.15) is 24.6 Å². The summed E-state index contributed by atoms with van der Waals surface area (Å²) in [6, 6.07) is 16.1. The Bertz CT molecular complexity index is 1250. The van der Waals surface area contributed by atoms with Crippen LogP contribution in [0.4, 0.5) is 5.82 Å². The van der Waals surface area contributed by atoms with E-state index in [1.165, 1.54) is 23.1 Å². The lowest BCUT2D eigenvalue weighted by Crippen LogP contribution is -2.18. The van der Waals surface area contributed by atoms with Gasteiger partial charge in [0, 0.05) is 23.9 Å². The van der Waals surface area contributed by atoms with Crippen molar-refractivity contribution in [2.24, 2.45) is 0 Å². The smallest absolute Gasteiger partial charge is 0.252 e. The van der Waals surface area contributed by atoms with E-state index in [0.29, 0.717) is 29.4 Å². The first kappa shape index (κ1) is 20.1. The zero-order valence-electron chi connectivity index (χ0n) is 16.9. The zero-order valence-corrected chi connectivity index (χ0v) is 16.9. The first-order chi connectivity index (χ1) is 15.1. The molecular weight excluding hydrogens is 394 g/mol. The lowest BCUT2D eigenvalue weighted by molar-refractivity contribution is -0.111. The predicted octanol–water partition coefficient (Wildman–Crippen LogP) is 3.82. The molecule has 3 heterocycles. The number of carbonyl (C=O) groups is 1. The van der Waals surface area contributed by atoms with E-state index in [4.69, 9.17) is 4.42 Å². The second kappa shape index (κ2) is 9.08. The van der Waals surface area contributed by atoms with Gasteiger partial charge in [0.1, 0.15) is 11.5 Å². The highest BCUT2D eigenvalue weighted by Crippen LogP contribution is 2.24. The lowest BCUT2D eigenvalue weighted by atomic mass is 10.2. The van der Waals surface area contributed by atoms with Gasteiger partial charge in [-0.2, -0.15) is 9.78 Å². The van der Waals surface area contributed by atoms with Gasteiger partial charge in [-0.25, -0.2) is 4.98 Å². The van der Waals surface area contributed by atoms with E-state index in [1.807, 2.05) is 37.3 Å². The number of aromatic nitrogens is 4. The Morgan fingerprint density at radius 1 is 1.19 bits per heavy atom. The van der Waals surface area contributed by atoms with Crippen molar-refractivity contribution in [2.45, 2.75) is 19.8 Å². The van der Waals surface area contributed by atoms with Crippen LogP contribution in [-0.2, 0) is 11.2 Å². The number of amides is 1. The minimum Gasteiger partial charge on any atom is -0.463 e.